The highest BCUT2D eigenvalue weighted by molar-refractivity contribution is 9.10. The van der Waals surface area contributed by atoms with E-state index in [0.29, 0.717) is 11.4 Å². The van der Waals surface area contributed by atoms with E-state index in [1.54, 1.807) is 24.3 Å². The van der Waals surface area contributed by atoms with Crippen LogP contribution in [-0.2, 0) is 9.59 Å². The van der Waals surface area contributed by atoms with Crippen molar-refractivity contribution in [3.8, 4) is 5.69 Å². The lowest BCUT2D eigenvalue weighted by atomic mass is 10.1. The summed E-state index contributed by atoms with van der Waals surface area (Å²) in [5.41, 5.74) is 4.12. The predicted octanol–water partition coefficient (Wildman–Crippen LogP) is 4.52. The topological polar surface area (TPSA) is 71.4 Å². The SMILES string of the molecule is Cc1cccc(-n2cccc2/C=C2\C(=O)NC(=O)N(c3ccc(Br)cc3)C2=O)c1C. The first-order valence-corrected chi connectivity index (χ1v) is 10.1. The van der Waals surface area contributed by atoms with Gasteiger partial charge in [0.15, 0.2) is 0 Å². The maximum Gasteiger partial charge on any atom is 0.335 e. The van der Waals surface area contributed by atoms with E-state index in [-0.39, 0.29) is 5.57 Å². The van der Waals surface area contributed by atoms with Crippen molar-refractivity contribution < 1.29 is 14.4 Å². The van der Waals surface area contributed by atoms with Gasteiger partial charge in [-0.05, 0) is 73.5 Å². The second-order valence-electron chi connectivity index (χ2n) is 6.96. The Labute approximate surface area is 181 Å². The molecule has 0 radical (unpaired) electrons. The number of anilines is 1. The van der Waals surface area contributed by atoms with E-state index in [9.17, 15) is 14.4 Å². The molecule has 0 unspecified atom stereocenters. The van der Waals surface area contributed by atoms with E-state index in [0.717, 1.165) is 26.2 Å². The summed E-state index contributed by atoms with van der Waals surface area (Å²) in [5.74, 6) is -1.38. The van der Waals surface area contributed by atoms with E-state index in [2.05, 4.69) is 21.2 Å². The summed E-state index contributed by atoms with van der Waals surface area (Å²) in [6.07, 6.45) is 3.38. The number of urea groups is 1. The van der Waals surface area contributed by atoms with Gasteiger partial charge in [-0.15, -0.1) is 0 Å². The molecule has 1 saturated heterocycles. The van der Waals surface area contributed by atoms with E-state index >= 15 is 0 Å². The van der Waals surface area contributed by atoms with Crippen molar-refractivity contribution in [2.45, 2.75) is 13.8 Å². The van der Waals surface area contributed by atoms with Gasteiger partial charge in [0.05, 0.1) is 5.69 Å². The fourth-order valence-corrected chi connectivity index (χ4v) is 3.62. The van der Waals surface area contributed by atoms with Crippen LogP contribution in [0.2, 0.25) is 0 Å². The zero-order chi connectivity index (χ0) is 21.4. The highest BCUT2D eigenvalue weighted by Crippen LogP contribution is 2.25. The summed E-state index contributed by atoms with van der Waals surface area (Å²) >= 11 is 3.33. The Bertz CT molecular complexity index is 1210. The summed E-state index contributed by atoms with van der Waals surface area (Å²) < 4.78 is 2.73. The van der Waals surface area contributed by atoms with Gasteiger partial charge >= 0.3 is 6.03 Å². The number of halogens is 1. The number of hydrogen-bond acceptors (Lipinski definition) is 3. The maximum atomic E-state index is 13.1. The molecule has 1 aliphatic heterocycles. The summed E-state index contributed by atoms with van der Waals surface area (Å²) in [6.45, 7) is 4.05. The third-order valence-corrected chi connectivity index (χ3v) is 5.62. The number of benzene rings is 2. The third-order valence-electron chi connectivity index (χ3n) is 5.09. The Morgan fingerprint density at radius 1 is 0.933 bits per heavy atom. The van der Waals surface area contributed by atoms with Gasteiger partial charge < -0.3 is 4.57 Å². The molecule has 1 aliphatic rings. The number of carbonyl (C=O) groups is 3. The van der Waals surface area contributed by atoms with Crippen molar-refractivity contribution in [3.63, 3.8) is 0 Å². The molecule has 30 heavy (non-hydrogen) atoms. The maximum absolute atomic E-state index is 13.1. The van der Waals surface area contributed by atoms with Crippen LogP contribution in [0.1, 0.15) is 16.8 Å². The molecule has 2 aromatic carbocycles. The summed E-state index contributed by atoms with van der Waals surface area (Å²) in [6, 6.07) is 15.6. The molecule has 4 amide bonds. The van der Waals surface area contributed by atoms with Gasteiger partial charge in [-0.2, -0.15) is 0 Å². The largest absolute Gasteiger partial charge is 0.335 e. The van der Waals surface area contributed by atoms with Gasteiger partial charge in [-0.25, -0.2) is 9.69 Å². The minimum atomic E-state index is -0.769. The molecule has 0 spiro atoms. The number of aromatic nitrogens is 1. The molecule has 0 aliphatic carbocycles. The van der Waals surface area contributed by atoms with Crippen LogP contribution in [0.25, 0.3) is 11.8 Å². The average molecular weight is 464 g/mol. The Kier molecular flexibility index (Phi) is 5.13. The van der Waals surface area contributed by atoms with Crippen LogP contribution in [0.3, 0.4) is 0 Å². The highest BCUT2D eigenvalue weighted by atomic mass is 79.9. The molecule has 4 rings (SSSR count). The molecule has 1 fully saturated rings. The zero-order valence-corrected chi connectivity index (χ0v) is 17.9. The molecule has 0 bridgehead atoms. The van der Waals surface area contributed by atoms with Gasteiger partial charge in [0, 0.05) is 22.1 Å². The van der Waals surface area contributed by atoms with E-state index < -0.39 is 17.8 Å². The van der Waals surface area contributed by atoms with Crippen molar-refractivity contribution in [1.82, 2.24) is 9.88 Å². The van der Waals surface area contributed by atoms with Gasteiger partial charge in [0.1, 0.15) is 5.57 Å². The van der Waals surface area contributed by atoms with Crippen molar-refractivity contribution in [3.05, 3.63) is 87.7 Å². The normalized spacial score (nSPS) is 15.6. The fraction of sp³-hybridized carbons (Fsp3) is 0.0870. The minimum absolute atomic E-state index is 0.109. The number of amides is 4. The van der Waals surface area contributed by atoms with Gasteiger partial charge in [0.25, 0.3) is 11.8 Å². The molecule has 1 N–H and O–H groups in total. The van der Waals surface area contributed by atoms with Crippen LogP contribution >= 0.6 is 15.9 Å². The quantitative estimate of drug-likeness (QED) is 0.458. The predicted molar refractivity (Wildman–Crippen MR) is 118 cm³/mol. The van der Waals surface area contributed by atoms with Crippen LogP contribution in [0, 0.1) is 13.8 Å². The second kappa shape index (κ2) is 7.76. The Morgan fingerprint density at radius 2 is 1.67 bits per heavy atom. The van der Waals surface area contributed by atoms with E-state index in [1.165, 1.54) is 6.08 Å². The Balaban J connectivity index is 1.77. The number of hydrogen-bond donors (Lipinski definition) is 1. The molecular formula is C23H18BrN3O3. The molecule has 0 saturated carbocycles. The number of carbonyl (C=O) groups excluding carboxylic acids is 3. The fourth-order valence-electron chi connectivity index (χ4n) is 3.36. The number of imide groups is 2. The molecule has 7 heteroatoms. The number of barbiturate groups is 1. The van der Waals surface area contributed by atoms with E-state index in [4.69, 9.17) is 0 Å². The summed E-state index contributed by atoms with van der Waals surface area (Å²) in [7, 11) is 0. The lowest BCUT2D eigenvalue weighted by Crippen LogP contribution is -2.54. The first kappa shape index (κ1) is 19.8. The van der Waals surface area contributed by atoms with Gasteiger partial charge in [0.2, 0.25) is 0 Å². The van der Waals surface area contributed by atoms with E-state index in [1.807, 2.05) is 54.9 Å². The molecule has 2 heterocycles. The lowest BCUT2D eigenvalue weighted by molar-refractivity contribution is -0.122. The highest BCUT2D eigenvalue weighted by Gasteiger charge is 2.37. The first-order valence-electron chi connectivity index (χ1n) is 9.28. The third kappa shape index (κ3) is 3.48. The van der Waals surface area contributed by atoms with Crippen LogP contribution in [0.15, 0.2) is 70.8 Å². The standard InChI is InChI=1S/C23H18BrN3O3/c1-14-5-3-7-20(15(14)2)26-12-4-6-18(26)13-19-21(28)25-23(30)27(22(19)29)17-10-8-16(24)9-11-17/h3-13H,1-2H3,(H,25,28,30)/b19-13+. The molecule has 1 aromatic heterocycles. The average Bonchev–Trinajstić information content (AvgIpc) is 3.16. The monoisotopic (exact) mass is 463 g/mol. The van der Waals surface area contributed by atoms with Crippen LogP contribution < -0.4 is 10.2 Å². The van der Waals surface area contributed by atoms with Gasteiger partial charge in [-0.1, -0.05) is 28.1 Å². The molecular weight excluding hydrogens is 446 g/mol. The number of aryl methyl sites for hydroxylation is 1. The van der Waals surface area contributed by atoms with Crippen molar-refractivity contribution in [1.29, 1.82) is 0 Å². The summed E-state index contributed by atoms with van der Waals surface area (Å²) in [5, 5.41) is 2.25. The lowest BCUT2D eigenvalue weighted by Gasteiger charge is -2.26. The molecule has 6 nitrogen and oxygen atoms in total. The number of nitrogens with one attached hydrogen (secondary N) is 1. The van der Waals surface area contributed by atoms with Crippen molar-refractivity contribution >= 4 is 45.5 Å². The molecule has 150 valence electrons. The molecule has 0 atom stereocenters. The summed E-state index contributed by atoms with van der Waals surface area (Å²) in [4.78, 5) is 38.9. The smallest absolute Gasteiger partial charge is 0.317 e. The van der Waals surface area contributed by atoms with Crippen molar-refractivity contribution in [2.75, 3.05) is 4.90 Å². The van der Waals surface area contributed by atoms with Gasteiger partial charge in [-0.3, -0.25) is 14.9 Å². The number of nitrogens with zero attached hydrogens (tertiary/aromatic N) is 2. The van der Waals surface area contributed by atoms with Crippen LogP contribution in [0.4, 0.5) is 10.5 Å². The minimum Gasteiger partial charge on any atom is -0.317 e. The zero-order valence-electron chi connectivity index (χ0n) is 16.3. The Hall–Kier alpha value is -3.45. The second-order valence-corrected chi connectivity index (χ2v) is 7.87. The van der Waals surface area contributed by atoms with Crippen molar-refractivity contribution in [2.24, 2.45) is 0 Å². The Morgan fingerprint density at radius 3 is 2.40 bits per heavy atom. The molecule has 3 aromatic rings. The van der Waals surface area contributed by atoms with Crippen LogP contribution in [0.5, 0.6) is 0 Å². The van der Waals surface area contributed by atoms with Crippen LogP contribution in [-0.4, -0.2) is 22.4 Å². The first-order chi connectivity index (χ1) is 14.4. The number of rotatable bonds is 3.